The Bertz CT molecular complexity index is 1930. The normalized spacial score (nSPS) is 21.8. The first-order valence-electron chi connectivity index (χ1n) is 14.4. The summed E-state index contributed by atoms with van der Waals surface area (Å²) >= 11 is 3.36. The number of Topliss-reactive ketones (excluding diaryl/α,β-unsaturated/α-hetero) is 1. The molecule has 2 amide bonds. The Balaban J connectivity index is 1.21. The number of nitrogens with zero attached hydrogens (tertiary/aromatic N) is 7. The summed E-state index contributed by atoms with van der Waals surface area (Å²) in [4.78, 5) is 60.0. The first-order chi connectivity index (χ1) is 21.1. The molecule has 222 valence electrons. The van der Waals surface area contributed by atoms with Gasteiger partial charge >= 0.3 is 0 Å². The number of aryl methyl sites for hydroxylation is 2. The summed E-state index contributed by atoms with van der Waals surface area (Å²) in [6, 6.07) is 8.65. The van der Waals surface area contributed by atoms with Crippen molar-refractivity contribution >= 4 is 56.0 Å². The topological polar surface area (TPSA) is 135 Å². The smallest absolute Gasteiger partial charge is 0.248 e. The maximum absolute atomic E-state index is 14.0. The molecule has 4 aromatic rings. The number of hydrogen-bond donors (Lipinski definition) is 1. The van der Waals surface area contributed by atoms with Crippen LogP contribution in [0.2, 0.25) is 0 Å². The molecule has 2 aliphatic heterocycles. The van der Waals surface area contributed by atoms with Gasteiger partial charge in [0, 0.05) is 42.0 Å². The van der Waals surface area contributed by atoms with Crippen molar-refractivity contribution in [3.8, 4) is 11.1 Å². The predicted octanol–water partition coefficient (Wildman–Crippen LogP) is 4.83. The third-order valence-corrected chi connectivity index (χ3v) is 9.25. The number of nitrogens with one attached hydrogen (secondary N) is 1. The Hall–Kier alpha value is -4.58. The van der Waals surface area contributed by atoms with Crippen LogP contribution in [0.15, 0.2) is 64.6 Å². The monoisotopic (exact) mass is 652 g/mol. The molecule has 1 aromatic carbocycles. The van der Waals surface area contributed by atoms with E-state index in [-0.39, 0.29) is 41.3 Å². The Morgan fingerprint density at radius 2 is 1.86 bits per heavy atom. The van der Waals surface area contributed by atoms with E-state index in [4.69, 9.17) is 0 Å². The molecule has 44 heavy (non-hydrogen) atoms. The summed E-state index contributed by atoms with van der Waals surface area (Å²) in [5, 5.41) is 8.22. The van der Waals surface area contributed by atoms with Gasteiger partial charge in [0.25, 0.3) is 0 Å². The van der Waals surface area contributed by atoms with Crippen molar-refractivity contribution in [2.45, 2.75) is 58.7 Å². The molecule has 1 saturated heterocycles. The number of rotatable bonds is 7. The minimum absolute atomic E-state index is 0.0303. The van der Waals surface area contributed by atoms with E-state index >= 15 is 0 Å². The number of fused-ring (bicyclic) bond motifs is 2. The summed E-state index contributed by atoms with van der Waals surface area (Å²) in [5.74, 6) is 0.344. The van der Waals surface area contributed by atoms with Gasteiger partial charge in [-0.3, -0.25) is 24.1 Å². The van der Waals surface area contributed by atoms with E-state index in [9.17, 15) is 14.4 Å². The third-order valence-electron chi connectivity index (χ3n) is 8.80. The molecule has 1 saturated carbocycles. The molecule has 7 rings (SSSR count). The maximum atomic E-state index is 14.0. The number of aliphatic imine (C=N–C) groups is 1. The highest BCUT2D eigenvalue weighted by atomic mass is 79.9. The second kappa shape index (κ2) is 10.5. The molecular weight excluding hydrogens is 624 g/mol. The highest BCUT2D eigenvalue weighted by molar-refractivity contribution is 9.10. The van der Waals surface area contributed by atoms with E-state index in [2.05, 4.69) is 53.2 Å². The van der Waals surface area contributed by atoms with Crippen LogP contribution in [-0.2, 0) is 16.1 Å². The zero-order valence-corrected chi connectivity index (χ0v) is 26.0. The molecule has 3 aliphatic rings. The summed E-state index contributed by atoms with van der Waals surface area (Å²) in [6.07, 6.45) is 8.74. The van der Waals surface area contributed by atoms with Gasteiger partial charge in [-0.25, -0.2) is 15.0 Å². The molecule has 3 aromatic heterocycles. The van der Waals surface area contributed by atoms with Crippen LogP contribution in [0.5, 0.6) is 0 Å². The predicted molar refractivity (Wildman–Crippen MR) is 168 cm³/mol. The number of anilines is 1. The molecule has 0 radical (unpaired) electrons. The zero-order valence-electron chi connectivity index (χ0n) is 24.4. The van der Waals surface area contributed by atoms with Gasteiger partial charge in [0.05, 0.1) is 11.2 Å². The molecule has 2 fully saturated rings. The highest BCUT2D eigenvalue weighted by Gasteiger charge is 2.64. The van der Waals surface area contributed by atoms with E-state index in [1.54, 1.807) is 28.2 Å². The average Bonchev–Trinajstić information content (AvgIpc) is 3.40. The maximum Gasteiger partial charge on any atom is 0.248 e. The molecule has 0 bridgehead atoms. The number of amides is 2. The van der Waals surface area contributed by atoms with Crippen molar-refractivity contribution in [2.24, 2.45) is 10.4 Å². The van der Waals surface area contributed by atoms with Gasteiger partial charge in [-0.2, -0.15) is 5.10 Å². The fourth-order valence-electron chi connectivity index (χ4n) is 6.24. The van der Waals surface area contributed by atoms with Crippen molar-refractivity contribution in [3.05, 3.63) is 76.7 Å². The van der Waals surface area contributed by atoms with Gasteiger partial charge in [0.15, 0.2) is 0 Å². The summed E-state index contributed by atoms with van der Waals surface area (Å²) in [7, 11) is 0. The fraction of sp³-hybridized carbons (Fsp3) is 0.312. The molecule has 1 aliphatic carbocycles. The molecule has 12 heteroatoms. The van der Waals surface area contributed by atoms with Gasteiger partial charge in [-0.1, -0.05) is 25.1 Å². The number of benzene rings is 1. The third kappa shape index (κ3) is 4.92. The number of aromatic nitrogens is 5. The van der Waals surface area contributed by atoms with Crippen LogP contribution in [0.25, 0.3) is 22.0 Å². The number of allylic oxidation sites excluding steroid dienone is 1. The standard InChI is InChI=1S/C32H29BrN8O3/c1-17-6-9-26(33)37-30(17)38-31(44)24-12-32(3)13-25(32)41(24)27(42)16-40-23-8-7-19(20-14-35-18(2)36-15-20)11-21(23)28(39-40)29(43)22-5-4-10-34-22/h4,6-11,14-15,24-25H,5,12-13,16H2,1-3H3,(H,37,38,44)/t24-,25+,32-/m0/s1. The van der Waals surface area contributed by atoms with Crippen LogP contribution in [0.4, 0.5) is 5.82 Å². The van der Waals surface area contributed by atoms with Crippen LogP contribution < -0.4 is 5.32 Å². The second-order valence-electron chi connectivity index (χ2n) is 11.9. The lowest BCUT2D eigenvalue weighted by atomic mass is 10.0. The van der Waals surface area contributed by atoms with Crippen molar-refractivity contribution < 1.29 is 14.4 Å². The first-order valence-corrected chi connectivity index (χ1v) is 15.2. The Morgan fingerprint density at radius 3 is 2.61 bits per heavy atom. The lowest BCUT2D eigenvalue weighted by molar-refractivity contribution is -0.138. The van der Waals surface area contributed by atoms with Crippen molar-refractivity contribution in [1.82, 2.24) is 29.6 Å². The quantitative estimate of drug-likeness (QED) is 0.223. The SMILES string of the molecule is Cc1ncc(-c2ccc3c(c2)c(C(=O)C2=NC=CC2)nn3CC(=O)N2[C@H](C(=O)Nc3nc(Br)ccc3C)C[C@@]3(C)C[C@@H]23)cn1. The van der Waals surface area contributed by atoms with E-state index in [1.165, 1.54) is 0 Å². The molecule has 11 nitrogen and oxygen atoms in total. The van der Waals surface area contributed by atoms with Crippen LogP contribution >= 0.6 is 15.9 Å². The van der Waals surface area contributed by atoms with Crippen LogP contribution in [0.3, 0.4) is 0 Å². The van der Waals surface area contributed by atoms with Gasteiger partial charge in [-0.05, 0) is 77.4 Å². The zero-order chi connectivity index (χ0) is 30.7. The van der Waals surface area contributed by atoms with E-state index in [1.807, 2.05) is 50.3 Å². The molecule has 1 N–H and O–H groups in total. The minimum Gasteiger partial charge on any atom is -0.325 e. The lowest BCUT2D eigenvalue weighted by Crippen LogP contribution is -2.47. The molecule has 3 atom stereocenters. The number of ketones is 1. The second-order valence-corrected chi connectivity index (χ2v) is 12.7. The van der Waals surface area contributed by atoms with Crippen molar-refractivity contribution in [2.75, 3.05) is 5.32 Å². The number of halogens is 1. The first kappa shape index (κ1) is 28.2. The Labute approximate surface area is 261 Å². The Kier molecular flexibility index (Phi) is 6.76. The average molecular weight is 654 g/mol. The Morgan fingerprint density at radius 1 is 1.07 bits per heavy atom. The highest BCUT2D eigenvalue weighted by Crippen LogP contribution is 2.59. The molecular formula is C32H29BrN8O3. The number of piperidine rings is 1. The van der Waals surface area contributed by atoms with Gasteiger partial charge in [0.2, 0.25) is 17.6 Å². The van der Waals surface area contributed by atoms with Crippen molar-refractivity contribution in [1.29, 1.82) is 0 Å². The molecule has 0 unspecified atom stereocenters. The van der Waals surface area contributed by atoms with Gasteiger partial charge in [-0.15, -0.1) is 0 Å². The van der Waals surface area contributed by atoms with E-state index < -0.39 is 6.04 Å². The largest absolute Gasteiger partial charge is 0.325 e. The minimum atomic E-state index is -0.638. The summed E-state index contributed by atoms with van der Waals surface area (Å²) in [6.45, 7) is 5.68. The number of carbonyl (C=O) groups excluding carboxylic acids is 3. The summed E-state index contributed by atoms with van der Waals surface area (Å²) in [5.41, 5.74) is 3.61. The fourth-order valence-corrected chi connectivity index (χ4v) is 6.55. The number of likely N-dealkylation sites (tertiary alicyclic amines) is 1. The van der Waals surface area contributed by atoms with Crippen LogP contribution in [-0.4, -0.2) is 65.0 Å². The van der Waals surface area contributed by atoms with E-state index in [0.29, 0.717) is 45.7 Å². The molecule has 5 heterocycles. The molecule has 0 spiro atoms. The number of hydrogen-bond acceptors (Lipinski definition) is 8. The van der Waals surface area contributed by atoms with E-state index in [0.717, 1.165) is 23.1 Å². The summed E-state index contributed by atoms with van der Waals surface area (Å²) < 4.78 is 2.18. The van der Waals surface area contributed by atoms with Crippen LogP contribution in [0.1, 0.15) is 48.1 Å². The van der Waals surface area contributed by atoms with Gasteiger partial charge < -0.3 is 10.2 Å². The number of pyridine rings is 1. The van der Waals surface area contributed by atoms with Crippen LogP contribution in [0, 0.1) is 19.3 Å². The lowest BCUT2D eigenvalue weighted by Gasteiger charge is -2.27. The van der Waals surface area contributed by atoms with Gasteiger partial charge in [0.1, 0.15) is 34.5 Å². The number of carbonyl (C=O) groups is 3. The van der Waals surface area contributed by atoms with Crippen molar-refractivity contribution in [3.63, 3.8) is 0 Å².